The van der Waals surface area contributed by atoms with Crippen LogP contribution in [0, 0.1) is 11.3 Å². The molecule has 3 aromatic rings. The highest BCUT2D eigenvalue weighted by atomic mass is 32.2. The summed E-state index contributed by atoms with van der Waals surface area (Å²) in [7, 11) is 0. The molecule has 2 aliphatic rings. The van der Waals surface area contributed by atoms with E-state index in [2.05, 4.69) is 30.7 Å². The van der Waals surface area contributed by atoms with Crippen LogP contribution in [-0.2, 0) is 25.8 Å². The number of carboxylic acid groups (broad SMARTS) is 1. The molecule has 14 nitrogen and oxygen atoms in total. The number of carboxylic acids is 1. The van der Waals surface area contributed by atoms with Crippen LogP contribution in [0.15, 0.2) is 34.3 Å². The number of hydrogen-bond donors (Lipinski definition) is 3. The molecule has 0 saturated carbocycles. The van der Waals surface area contributed by atoms with E-state index in [1.807, 2.05) is 0 Å². The van der Waals surface area contributed by atoms with Gasteiger partial charge in [0.05, 0.1) is 5.38 Å². The zero-order valence-corrected chi connectivity index (χ0v) is 20.8. The number of hydrogen-bond acceptors (Lipinski definition) is 12. The summed E-state index contributed by atoms with van der Waals surface area (Å²) in [5.74, 6) is -2.75. The van der Waals surface area contributed by atoms with E-state index in [1.54, 1.807) is 26.9 Å². The van der Waals surface area contributed by atoms with E-state index >= 15 is 0 Å². The van der Waals surface area contributed by atoms with Gasteiger partial charge in [0.25, 0.3) is 25.0 Å². The average molecular weight is 565 g/mol. The van der Waals surface area contributed by atoms with Gasteiger partial charge in [0, 0.05) is 22.9 Å². The number of β-lactam (4-membered cyclic amide) rings is 1. The number of imidazole rings is 1. The third kappa shape index (κ3) is 4.36. The molecule has 190 valence electrons. The molecular weight excluding hydrogens is 549 g/mol. The molecule has 0 radical (unpaired) electrons. The van der Waals surface area contributed by atoms with Gasteiger partial charge < -0.3 is 21.0 Å². The first-order chi connectivity index (χ1) is 17.8. The second-order valence-electron chi connectivity index (χ2n) is 7.61. The minimum atomic E-state index is -1.31. The third-order valence-electron chi connectivity index (χ3n) is 5.43. The average Bonchev–Trinajstić information content (AvgIpc) is 3.58. The highest BCUT2D eigenvalue weighted by molar-refractivity contribution is 8.00. The Morgan fingerprint density at radius 1 is 1.49 bits per heavy atom. The van der Waals surface area contributed by atoms with Crippen LogP contribution >= 0.6 is 34.6 Å². The van der Waals surface area contributed by atoms with Gasteiger partial charge in [-0.05, 0) is 0 Å². The van der Waals surface area contributed by atoms with Crippen LogP contribution < -0.4 is 15.6 Å². The largest absolute Gasteiger partial charge is 0.477 e. The van der Waals surface area contributed by atoms with E-state index in [0.717, 1.165) is 21.3 Å². The maximum Gasteiger partial charge on any atom is 0.352 e. The number of carbonyl (C=O) groups is 3. The fourth-order valence-electron chi connectivity index (χ4n) is 3.89. The first kappa shape index (κ1) is 24.6. The molecule has 0 aliphatic carbocycles. The van der Waals surface area contributed by atoms with Crippen molar-refractivity contribution in [2.75, 3.05) is 18.3 Å². The Bertz CT molecular complexity index is 1540. The SMILES string of the molecule is N#Cc1csc2c[n+](CC3=C(C(=O)O)N4C(=O)[C@@H](NC(=O)/C(=N\OCF)c5nsc(N)n5)[C@H]4SC3)cn12. The van der Waals surface area contributed by atoms with Gasteiger partial charge >= 0.3 is 5.97 Å². The second kappa shape index (κ2) is 9.76. The predicted molar refractivity (Wildman–Crippen MR) is 128 cm³/mol. The molecule has 18 heteroatoms. The lowest BCUT2D eigenvalue weighted by molar-refractivity contribution is -0.687. The molecule has 5 rings (SSSR count). The van der Waals surface area contributed by atoms with Crippen molar-refractivity contribution in [1.82, 2.24) is 24.0 Å². The van der Waals surface area contributed by atoms with Gasteiger partial charge in [0.15, 0.2) is 5.13 Å². The number of nitrogens with two attached hydrogens (primary N) is 1. The maximum atomic E-state index is 13.0. The Labute approximate surface area is 218 Å². The topological polar surface area (TPSA) is 192 Å². The lowest BCUT2D eigenvalue weighted by Crippen LogP contribution is -2.71. The van der Waals surface area contributed by atoms with E-state index in [0.29, 0.717) is 11.3 Å². The van der Waals surface area contributed by atoms with Crippen LogP contribution in [0.1, 0.15) is 11.5 Å². The van der Waals surface area contributed by atoms with Crippen molar-refractivity contribution in [1.29, 1.82) is 5.26 Å². The van der Waals surface area contributed by atoms with Gasteiger partial charge in [-0.15, -0.1) is 11.8 Å². The number of halogens is 1. The number of thioether (sulfide) groups is 1. The maximum absolute atomic E-state index is 13.0. The molecule has 2 aliphatic heterocycles. The first-order valence-corrected chi connectivity index (χ1v) is 13.0. The number of oxime groups is 1. The minimum absolute atomic E-state index is 0.0398. The standard InChI is InChI=1S/C19H14FN9O5S3/c20-6-34-25-11(14-24-19(22)37-26-14)15(30)23-12-16(31)29-13(18(32)33)8(4-36-17(12)29)2-27-3-10-28(7-27)9(1-21)5-35-10/h3,5,7,12,17H,2,4,6H2,(H3-,22,23,24,26,30,32,33)/p+1/b25-11-/t12-,17-/m1/s1. The highest BCUT2D eigenvalue weighted by Gasteiger charge is 2.54. The van der Waals surface area contributed by atoms with E-state index in [1.165, 1.54) is 23.1 Å². The number of alkyl halides is 1. The summed E-state index contributed by atoms with van der Waals surface area (Å²) in [6, 6.07) is 1.02. The fourth-order valence-corrected chi connectivity index (χ4v) is 6.51. The molecule has 0 unspecified atom stereocenters. The number of fused-ring (bicyclic) bond motifs is 2. The summed E-state index contributed by atoms with van der Waals surface area (Å²) < 4.78 is 19.8. The summed E-state index contributed by atoms with van der Waals surface area (Å²) in [5.41, 5.74) is 5.85. The zero-order valence-electron chi connectivity index (χ0n) is 18.4. The quantitative estimate of drug-likeness (QED) is 0.141. The Balaban J connectivity index is 1.36. The molecule has 5 heterocycles. The van der Waals surface area contributed by atoms with Crippen molar-refractivity contribution < 1.29 is 33.3 Å². The zero-order chi connectivity index (χ0) is 26.3. The van der Waals surface area contributed by atoms with E-state index in [4.69, 9.17) is 5.73 Å². The Hall–Kier alpha value is -4.08. The number of nitriles is 1. The molecule has 37 heavy (non-hydrogen) atoms. The van der Waals surface area contributed by atoms with Gasteiger partial charge in [0.1, 0.15) is 35.9 Å². The van der Waals surface area contributed by atoms with Crippen LogP contribution in [0.25, 0.3) is 4.83 Å². The molecule has 3 aromatic heterocycles. The molecule has 1 fully saturated rings. The van der Waals surface area contributed by atoms with Crippen LogP contribution in [0.3, 0.4) is 0 Å². The van der Waals surface area contributed by atoms with Gasteiger partial charge in [-0.2, -0.15) is 19.0 Å². The van der Waals surface area contributed by atoms with Crippen molar-refractivity contribution in [2.45, 2.75) is 18.0 Å². The van der Waals surface area contributed by atoms with Crippen molar-refractivity contribution in [2.24, 2.45) is 5.16 Å². The number of nitrogens with one attached hydrogen (secondary N) is 1. The number of carbonyl (C=O) groups excluding carboxylic acids is 2. The lowest BCUT2D eigenvalue weighted by Gasteiger charge is -2.49. The normalized spacial score (nSPS) is 19.4. The number of nitrogens with zero attached hydrogens (tertiary/aromatic N) is 7. The van der Waals surface area contributed by atoms with Crippen LogP contribution in [0.2, 0.25) is 0 Å². The Morgan fingerprint density at radius 3 is 2.97 bits per heavy atom. The van der Waals surface area contributed by atoms with Crippen molar-refractivity contribution >= 4 is 68.1 Å². The Morgan fingerprint density at radius 2 is 2.30 bits per heavy atom. The number of amides is 2. The molecule has 4 N–H and O–H groups in total. The van der Waals surface area contributed by atoms with E-state index < -0.39 is 41.8 Å². The van der Waals surface area contributed by atoms with Crippen molar-refractivity contribution in [3.05, 3.63) is 40.7 Å². The van der Waals surface area contributed by atoms with Gasteiger partial charge in [-0.1, -0.05) is 16.5 Å². The van der Waals surface area contributed by atoms with Crippen molar-refractivity contribution in [3.63, 3.8) is 0 Å². The second-order valence-corrected chi connectivity index (χ2v) is 10.4. The smallest absolute Gasteiger partial charge is 0.352 e. The number of thiazole rings is 1. The van der Waals surface area contributed by atoms with Crippen LogP contribution in [0.5, 0.6) is 0 Å². The van der Waals surface area contributed by atoms with Crippen LogP contribution in [0.4, 0.5) is 9.52 Å². The summed E-state index contributed by atoms with van der Waals surface area (Å²) in [6.45, 7) is -1.12. The highest BCUT2D eigenvalue weighted by Crippen LogP contribution is 2.40. The Kier molecular flexibility index (Phi) is 6.49. The summed E-state index contributed by atoms with van der Waals surface area (Å²) in [4.78, 5) is 48.1. The summed E-state index contributed by atoms with van der Waals surface area (Å²) >= 11 is 3.44. The number of nitrogen functional groups attached to an aromatic ring is 1. The van der Waals surface area contributed by atoms with E-state index in [9.17, 15) is 29.1 Å². The minimum Gasteiger partial charge on any atom is -0.477 e. The molecule has 0 aromatic carbocycles. The van der Waals surface area contributed by atoms with Crippen LogP contribution in [-0.4, -0.2) is 71.3 Å². The third-order valence-corrected chi connectivity index (χ3v) is 8.19. The monoisotopic (exact) mass is 564 g/mol. The molecule has 1 saturated heterocycles. The van der Waals surface area contributed by atoms with Gasteiger partial charge in [0.2, 0.25) is 22.1 Å². The number of aromatic nitrogens is 4. The predicted octanol–water partition coefficient (Wildman–Crippen LogP) is -0.320. The van der Waals surface area contributed by atoms with Gasteiger partial charge in [-0.3, -0.25) is 14.5 Å². The molecule has 0 bridgehead atoms. The summed E-state index contributed by atoms with van der Waals surface area (Å²) in [6.07, 6.45) is 3.48. The molecule has 0 spiro atoms. The molecule has 2 atom stereocenters. The number of rotatable bonds is 8. The molecular formula is C19H15FN9O5S3+. The summed E-state index contributed by atoms with van der Waals surface area (Å²) in [5, 5.41) is 26.1. The number of aliphatic carboxylic acids is 1. The van der Waals surface area contributed by atoms with E-state index in [-0.39, 0.29) is 29.0 Å². The fraction of sp³-hybridized carbons (Fsp3) is 0.263. The number of anilines is 1. The first-order valence-electron chi connectivity index (χ1n) is 10.3. The van der Waals surface area contributed by atoms with Gasteiger partial charge in [-0.25, -0.2) is 13.8 Å². The molecule has 2 amide bonds. The van der Waals surface area contributed by atoms with Crippen molar-refractivity contribution in [3.8, 4) is 6.07 Å². The lowest BCUT2D eigenvalue weighted by atomic mass is 10.0.